The van der Waals surface area contributed by atoms with Crippen molar-refractivity contribution in [1.82, 2.24) is 15.2 Å². The molecular formula is C22H30FIN4O3. The van der Waals surface area contributed by atoms with Crippen molar-refractivity contribution in [2.75, 3.05) is 32.8 Å². The first-order chi connectivity index (χ1) is 14.6. The lowest BCUT2D eigenvalue weighted by molar-refractivity contribution is -0.149. The fraction of sp³-hybridized carbons (Fsp3) is 0.500. The summed E-state index contributed by atoms with van der Waals surface area (Å²) in [4.78, 5) is 23.3. The summed E-state index contributed by atoms with van der Waals surface area (Å²) < 4.78 is 23.7. The Balaban J connectivity index is 0.00000341. The largest absolute Gasteiger partial charge is 0.466 e. The fourth-order valence-corrected chi connectivity index (χ4v) is 3.44. The molecule has 0 spiro atoms. The lowest BCUT2D eigenvalue weighted by atomic mass is 9.97. The number of esters is 1. The second-order valence-electron chi connectivity index (χ2n) is 7.15. The first kappa shape index (κ1) is 25.1. The number of benzene rings is 1. The highest BCUT2D eigenvalue weighted by Crippen LogP contribution is 2.20. The Morgan fingerprint density at radius 1 is 1.29 bits per heavy atom. The summed E-state index contributed by atoms with van der Waals surface area (Å²) in [5, 5.41) is 3.32. The molecule has 1 aliphatic heterocycles. The number of carbonyl (C=O) groups is 1. The molecule has 1 saturated heterocycles. The molecule has 1 aliphatic rings. The van der Waals surface area contributed by atoms with E-state index in [0.29, 0.717) is 25.5 Å². The SMILES string of the molecule is CCNC(=NCCc1coc(-c2ccc(F)cc2)n1)N1CCC(C(=O)OCC)CC1.I. The van der Waals surface area contributed by atoms with Crippen LogP contribution in [0.3, 0.4) is 0 Å². The third-order valence-electron chi connectivity index (χ3n) is 5.02. The van der Waals surface area contributed by atoms with E-state index in [4.69, 9.17) is 14.1 Å². The third-order valence-corrected chi connectivity index (χ3v) is 5.02. The maximum absolute atomic E-state index is 13.1. The van der Waals surface area contributed by atoms with Crippen LogP contribution in [0.2, 0.25) is 0 Å². The van der Waals surface area contributed by atoms with Crippen molar-refractivity contribution in [3.63, 3.8) is 0 Å². The average Bonchev–Trinajstić information content (AvgIpc) is 3.23. The van der Waals surface area contributed by atoms with Crippen molar-refractivity contribution < 1.29 is 18.3 Å². The van der Waals surface area contributed by atoms with Crippen LogP contribution in [-0.2, 0) is 16.0 Å². The number of hydrogen-bond donors (Lipinski definition) is 1. The van der Waals surface area contributed by atoms with Gasteiger partial charge < -0.3 is 19.4 Å². The van der Waals surface area contributed by atoms with Crippen LogP contribution in [0.25, 0.3) is 11.5 Å². The summed E-state index contributed by atoms with van der Waals surface area (Å²) in [5.74, 6) is 0.914. The molecular weight excluding hydrogens is 514 g/mol. The van der Waals surface area contributed by atoms with E-state index in [1.807, 2.05) is 13.8 Å². The van der Waals surface area contributed by atoms with Crippen LogP contribution in [0.4, 0.5) is 4.39 Å². The second kappa shape index (κ2) is 12.6. The van der Waals surface area contributed by atoms with E-state index in [9.17, 15) is 9.18 Å². The van der Waals surface area contributed by atoms with Crippen LogP contribution in [0.15, 0.2) is 39.9 Å². The van der Waals surface area contributed by atoms with E-state index < -0.39 is 0 Å². The molecule has 0 radical (unpaired) electrons. The van der Waals surface area contributed by atoms with Gasteiger partial charge >= 0.3 is 5.97 Å². The minimum atomic E-state index is -0.290. The summed E-state index contributed by atoms with van der Waals surface area (Å²) in [6.45, 7) is 7.18. The van der Waals surface area contributed by atoms with Crippen LogP contribution in [-0.4, -0.2) is 54.6 Å². The van der Waals surface area contributed by atoms with E-state index in [1.54, 1.807) is 18.4 Å². The minimum Gasteiger partial charge on any atom is -0.466 e. The van der Waals surface area contributed by atoms with Gasteiger partial charge in [0, 0.05) is 38.2 Å². The summed E-state index contributed by atoms with van der Waals surface area (Å²) in [5.41, 5.74) is 1.54. The molecule has 0 saturated carbocycles. The number of nitrogens with one attached hydrogen (secondary N) is 1. The van der Waals surface area contributed by atoms with E-state index >= 15 is 0 Å². The lowest BCUT2D eigenvalue weighted by Gasteiger charge is -2.33. The summed E-state index contributed by atoms with van der Waals surface area (Å²) >= 11 is 0. The molecule has 7 nitrogen and oxygen atoms in total. The topological polar surface area (TPSA) is 80.0 Å². The highest BCUT2D eigenvalue weighted by molar-refractivity contribution is 14.0. The zero-order chi connectivity index (χ0) is 21.3. The Kier molecular flexibility index (Phi) is 10.2. The molecule has 0 unspecified atom stereocenters. The molecule has 0 atom stereocenters. The number of piperidine rings is 1. The maximum Gasteiger partial charge on any atom is 0.309 e. The third kappa shape index (κ3) is 7.19. The van der Waals surface area contributed by atoms with Crippen LogP contribution >= 0.6 is 24.0 Å². The van der Waals surface area contributed by atoms with Gasteiger partial charge in [-0.15, -0.1) is 24.0 Å². The number of halogens is 2. The predicted octanol–water partition coefficient (Wildman–Crippen LogP) is 3.88. The van der Waals surface area contributed by atoms with Crippen LogP contribution in [0.1, 0.15) is 32.4 Å². The maximum atomic E-state index is 13.1. The monoisotopic (exact) mass is 544 g/mol. The van der Waals surface area contributed by atoms with Gasteiger partial charge in [0.15, 0.2) is 5.96 Å². The van der Waals surface area contributed by atoms with Crippen LogP contribution < -0.4 is 5.32 Å². The molecule has 1 aromatic heterocycles. The number of rotatable bonds is 7. The smallest absolute Gasteiger partial charge is 0.309 e. The number of carbonyl (C=O) groups excluding carboxylic acids is 1. The standard InChI is InChI=1S/C22H29FN4O3.HI/c1-3-24-22(27-13-10-17(11-14-27)21(28)29-4-2)25-12-9-19-15-30-20(26-19)16-5-7-18(23)8-6-16;/h5-8,15,17H,3-4,9-14H2,1-2H3,(H,24,25);1H. The predicted molar refractivity (Wildman–Crippen MR) is 128 cm³/mol. The Hall–Kier alpha value is -2.17. The summed E-state index contributed by atoms with van der Waals surface area (Å²) in [6.07, 6.45) is 3.80. The van der Waals surface area contributed by atoms with Crippen molar-refractivity contribution in [1.29, 1.82) is 0 Å². The first-order valence-corrected chi connectivity index (χ1v) is 10.5. The first-order valence-electron chi connectivity index (χ1n) is 10.5. The molecule has 1 aromatic carbocycles. The number of oxazole rings is 1. The molecule has 31 heavy (non-hydrogen) atoms. The number of nitrogens with zero attached hydrogens (tertiary/aromatic N) is 3. The highest BCUT2D eigenvalue weighted by Gasteiger charge is 2.27. The van der Waals surface area contributed by atoms with Gasteiger partial charge in [0.25, 0.3) is 0 Å². The summed E-state index contributed by atoms with van der Waals surface area (Å²) in [7, 11) is 0. The van der Waals surface area contributed by atoms with Gasteiger partial charge in [0.05, 0.1) is 18.2 Å². The normalized spacial score (nSPS) is 14.8. The molecule has 1 N–H and O–H groups in total. The zero-order valence-corrected chi connectivity index (χ0v) is 20.3. The van der Waals surface area contributed by atoms with Crippen molar-refractivity contribution in [2.45, 2.75) is 33.1 Å². The average molecular weight is 544 g/mol. The Morgan fingerprint density at radius 2 is 2.00 bits per heavy atom. The number of aliphatic imine (C=N–C) groups is 1. The Morgan fingerprint density at radius 3 is 2.65 bits per heavy atom. The number of aromatic nitrogens is 1. The van der Waals surface area contributed by atoms with Crippen molar-refractivity contribution in [2.24, 2.45) is 10.9 Å². The van der Waals surface area contributed by atoms with Gasteiger partial charge in [-0.3, -0.25) is 9.79 Å². The van der Waals surface area contributed by atoms with Crippen molar-refractivity contribution in [3.8, 4) is 11.5 Å². The molecule has 9 heteroatoms. The van der Waals surface area contributed by atoms with Gasteiger partial charge in [-0.05, 0) is 51.0 Å². The van der Waals surface area contributed by atoms with Gasteiger partial charge in [-0.2, -0.15) is 0 Å². The molecule has 0 amide bonds. The quantitative estimate of drug-likeness (QED) is 0.247. The molecule has 0 bridgehead atoms. The van der Waals surface area contributed by atoms with Gasteiger partial charge in [-0.25, -0.2) is 9.37 Å². The van der Waals surface area contributed by atoms with E-state index in [1.165, 1.54) is 12.1 Å². The van der Waals surface area contributed by atoms with Gasteiger partial charge in [-0.1, -0.05) is 0 Å². The van der Waals surface area contributed by atoms with E-state index in [2.05, 4.69) is 15.2 Å². The molecule has 1 fully saturated rings. The van der Waals surface area contributed by atoms with E-state index in [-0.39, 0.29) is 41.7 Å². The highest BCUT2D eigenvalue weighted by atomic mass is 127. The summed E-state index contributed by atoms with van der Waals surface area (Å²) in [6, 6.07) is 6.06. The second-order valence-corrected chi connectivity index (χ2v) is 7.15. The lowest BCUT2D eigenvalue weighted by Crippen LogP contribution is -2.46. The molecule has 2 aromatic rings. The number of hydrogen-bond acceptors (Lipinski definition) is 5. The van der Waals surface area contributed by atoms with Crippen LogP contribution in [0.5, 0.6) is 0 Å². The molecule has 3 rings (SSSR count). The molecule has 2 heterocycles. The van der Waals surface area contributed by atoms with E-state index in [0.717, 1.165) is 49.7 Å². The van der Waals surface area contributed by atoms with Gasteiger partial charge in [0.2, 0.25) is 5.89 Å². The number of guanidine groups is 1. The minimum absolute atomic E-state index is 0. The molecule has 0 aliphatic carbocycles. The number of likely N-dealkylation sites (tertiary alicyclic amines) is 1. The molecule has 170 valence electrons. The fourth-order valence-electron chi connectivity index (χ4n) is 3.44. The number of ether oxygens (including phenoxy) is 1. The van der Waals surface area contributed by atoms with Crippen molar-refractivity contribution in [3.05, 3.63) is 42.0 Å². The Bertz CT molecular complexity index is 849. The zero-order valence-electron chi connectivity index (χ0n) is 18.0. The van der Waals surface area contributed by atoms with Crippen LogP contribution in [0, 0.1) is 11.7 Å². The van der Waals surface area contributed by atoms with Crippen molar-refractivity contribution >= 4 is 35.9 Å². The van der Waals surface area contributed by atoms with Gasteiger partial charge in [0.1, 0.15) is 12.1 Å². The Labute approximate surface area is 199 Å².